The number of rotatable bonds is 8. The van der Waals surface area contributed by atoms with Crippen LogP contribution in [0.2, 0.25) is 0 Å². The maximum atomic E-state index is 13.6. The molecule has 1 fully saturated rings. The molecule has 2 rings (SSSR count). The molecule has 1 heterocycles. The summed E-state index contributed by atoms with van der Waals surface area (Å²) in [4.78, 5) is 6.73. The minimum absolute atomic E-state index is 0.0426. The van der Waals surface area contributed by atoms with Gasteiger partial charge in [-0.3, -0.25) is 9.89 Å². The van der Waals surface area contributed by atoms with E-state index in [2.05, 4.69) is 34.4 Å². The zero-order chi connectivity index (χ0) is 18.8. The van der Waals surface area contributed by atoms with Gasteiger partial charge in [0, 0.05) is 50.3 Å². The largest absolute Gasteiger partial charge is 0.379 e. The first-order chi connectivity index (χ1) is 12.5. The Morgan fingerprint density at radius 3 is 2.69 bits per heavy atom. The van der Waals surface area contributed by atoms with Crippen LogP contribution in [0.5, 0.6) is 0 Å². The predicted molar refractivity (Wildman–Crippen MR) is 108 cm³/mol. The van der Waals surface area contributed by atoms with E-state index in [4.69, 9.17) is 4.74 Å². The number of thioether (sulfide) groups is 1. The van der Waals surface area contributed by atoms with Gasteiger partial charge in [-0.15, -0.1) is 0 Å². The van der Waals surface area contributed by atoms with Crippen molar-refractivity contribution in [3.8, 4) is 0 Å². The third kappa shape index (κ3) is 6.78. The van der Waals surface area contributed by atoms with Gasteiger partial charge in [-0.2, -0.15) is 11.8 Å². The summed E-state index contributed by atoms with van der Waals surface area (Å²) in [5.74, 6) is 2.25. The molecule has 5 nitrogen and oxygen atoms in total. The van der Waals surface area contributed by atoms with Crippen LogP contribution in [0.15, 0.2) is 29.3 Å². The molecule has 0 bridgehead atoms. The smallest absolute Gasteiger partial charge is 0.191 e. The lowest BCUT2D eigenvalue weighted by Crippen LogP contribution is -2.56. The molecule has 0 radical (unpaired) electrons. The van der Waals surface area contributed by atoms with E-state index < -0.39 is 0 Å². The number of nitrogens with zero attached hydrogens (tertiary/aromatic N) is 2. The van der Waals surface area contributed by atoms with Gasteiger partial charge in [0.15, 0.2) is 5.96 Å². The lowest BCUT2D eigenvalue weighted by atomic mass is 10.0. The van der Waals surface area contributed by atoms with Crippen molar-refractivity contribution >= 4 is 17.7 Å². The number of aliphatic imine (C=N–C) groups is 1. The SMILES string of the molecule is CN=C(NCCSCc1ccccc1F)NCC(C)(C)N1CCOCC1. The van der Waals surface area contributed by atoms with Crippen LogP contribution in [0.25, 0.3) is 0 Å². The van der Waals surface area contributed by atoms with E-state index in [1.54, 1.807) is 24.9 Å². The van der Waals surface area contributed by atoms with Gasteiger partial charge in [0.1, 0.15) is 5.82 Å². The number of benzene rings is 1. The van der Waals surface area contributed by atoms with Gasteiger partial charge in [0.2, 0.25) is 0 Å². The van der Waals surface area contributed by atoms with Crippen LogP contribution in [-0.2, 0) is 10.5 Å². The van der Waals surface area contributed by atoms with E-state index in [0.717, 1.165) is 56.7 Å². The van der Waals surface area contributed by atoms with E-state index in [1.807, 2.05) is 12.1 Å². The molecule has 1 aliphatic heterocycles. The summed E-state index contributed by atoms with van der Waals surface area (Å²) in [6.45, 7) is 9.61. The fourth-order valence-corrected chi connectivity index (χ4v) is 3.69. The van der Waals surface area contributed by atoms with Gasteiger partial charge in [-0.05, 0) is 25.5 Å². The minimum atomic E-state index is -0.129. The van der Waals surface area contributed by atoms with E-state index >= 15 is 0 Å². The molecule has 146 valence electrons. The molecular formula is C19H31FN4OS. The monoisotopic (exact) mass is 382 g/mol. The van der Waals surface area contributed by atoms with Gasteiger partial charge in [0.25, 0.3) is 0 Å². The molecule has 0 amide bonds. The molecule has 0 unspecified atom stereocenters. The van der Waals surface area contributed by atoms with Crippen molar-refractivity contribution in [3.05, 3.63) is 35.6 Å². The summed E-state index contributed by atoms with van der Waals surface area (Å²) in [5, 5.41) is 6.74. The Labute approximate surface area is 160 Å². The van der Waals surface area contributed by atoms with Crippen LogP contribution in [0, 0.1) is 5.82 Å². The highest BCUT2D eigenvalue weighted by molar-refractivity contribution is 7.98. The summed E-state index contributed by atoms with van der Waals surface area (Å²) >= 11 is 1.71. The Bertz CT molecular complexity index is 576. The predicted octanol–water partition coefficient (Wildman–Crippen LogP) is 2.33. The Morgan fingerprint density at radius 1 is 1.27 bits per heavy atom. The van der Waals surface area contributed by atoms with Crippen molar-refractivity contribution in [2.24, 2.45) is 4.99 Å². The van der Waals surface area contributed by atoms with Crippen LogP contribution < -0.4 is 10.6 Å². The zero-order valence-corrected chi connectivity index (χ0v) is 16.9. The number of ether oxygens (including phenoxy) is 1. The second kappa shape index (κ2) is 10.7. The Kier molecular flexibility index (Phi) is 8.68. The van der Waals surface area contributed by atoms with Crippen molar-refractivity contribution in [1.29, 1.82) is 0 Å². The highest BCUT2D eigenvalue weighted by atomic mass is 32.2. The fourth-order valence-electron chi connectivity index (χ4n) is 2.84. The number of guanidine groups is 1. The van der Waals surface area contributed by atoms with Crippen molar-refractivity contribution in [2.75, 3.05) is 52.2 Å². The molecule has 2 N–H and O–H groups in total. The molecule has 1 aliphatic rings. The summed E-state index contributed by atoms with van der Waals surface area (Å²) in [6, 6.07) is 6.94. The summed E-state index contributed by atoms with van der Waals surface area (Å²) in [5.41, 5.74) is 0.799. The van der Waals surface area contributed by atoms with Crippen molar-refractivity contribution in [2.45, 2.75) is 25.1 Å². The van der Waals surface area contributed by atoms with Crippen molar-refractivity contribution in [1.82, 2.24) is 15.5 Å². The second-order valence-electron chi connectivity index (χ2n) is 6.91. The van der Waals surface area contributed by atoms with E-state index in [-0.39, 0.29) is 11.4 Å². The van der Waals surface area contributed by atoms with Gasteiger partial charge >= 0.3 is 0 Å². The third-order valence-electron chi connectivity index (χ3n) is 4.53. The standard InChI is InChI=1S/C19H31FN4OS/c1-19(2,24-9-11-25-12-10-24)15-23-18(21-3)22-8-13-26-14-16-6-4-5-7-17(16)20/h4-7H,8-15H2,1-3H3,(H2,21,22,23). The normalized spacial score (nSPS) is 16.5. The topological polar surface area (TPSA) is 48.9 Å². The number of hydrogen-bond acceptors (Lipinski definition) is 4. The average molecular weight is 383 g/mol. The molecule has 1 aromatic carbocycles. The number of hydrogen-bond donors (Lipinski definition) is 2. The molecule has 0 aromatic heterocycles. The van der Waals surface area contributed by atoms with E-state index in [1.165, 1.54) is 6.07 Å². The first kappa shape index (κ1) is 21.0. The Balaban J connectivity index is 1.65. The molecule has 0 spiro atoms. The van der Waals surface area contributed by atoms with E-state index in [0.29, 0.717) is 5.75 Å². The van der Waals surface area contributed by atoms with Crippen LogP contribution in [0.3, 0.4) is 0 Å². The maximum absolute atomic E-state index is 13.6. The molecule has 0 saturated carbocycles. The molecule has 0 atom stereocenters. The number of halogens is 1. The summed E-state index contributed by atoms with van der Waals surface area (Å²) in [7, 11) is 1.78. The molecule has 1 aromatic rings. The van der Waals surface area contributed by atoms with Crippen LogP contribution in [0.1, 0.15) is 19.4 Å². The average Bonchev–Trinajstić information content (AvgIpc) is 2.66. The van der Waals surface area contributed by atoms with Crippen LogP contribution in [-0.4, -0.2) is 68.6 Å². The van der Waals surface area contributed by atoms with Gasteiger partial charge in [-0.25, -0.2) is 4.39 Å². The highest BCUT2D eigenvalue weighted by Gasteiger charge is 2.28. The second-order valence-corrected chi connectivity index (χ2v) is 8.01. The van der Waals surface area contributed by atoms with Gasteiger partial charge in [0.05, 0.1) is 13.2 Å². The minimum Gasteiger partial charge on any atom is -0.379 e. The van der Waals surface area contributed by atoms with Gasteiger partial charge < -0.3 is 15.4 Å². The quantitative estimate of drug-likeness (QED) is 0.411. The lowest BCUT2D eigenvalue weighted by Gasteiger charge is -2.41. The third-order valence-corrected chi connectivity index (χ3v) is 5.54. The fraction of sp³-hybridized carbons (Fsp3) is 0.632. The molecule has 26 heavy (non-hydrogen) atoms. The van der Waals surface area contributed by atoms with Crippen molar-refractivity contribution in [3.63, 3.8) is 0 Å². The number of morpholine rings is 1. The lowest BCUT2D eigenvalue weighted by molar-refractivity contribution is -0.00833. The first-order valence-corrected chi connectivity index (χ1v) is 10.3. The summed E-state index contributed by atoms with van der Waals surface area (Å²) < 4.78 is 19.0. The highest BCUT2D eigenvalue weighted by Crippen LogP contribution is 2.16. The molecule has 0 aliphatic carbocycles. The Hall–Kier alpha value is -1.31. The van der Waals surface area contributed by atoms with Crippen LogP contribution in [0.4, 0.5) is 4.39 Å². The van der Waals surface area contributed by atoms with E-state index in [9.17, 15) is 4.39 Å². The zero-order valence-electron chi connectivity index (χ0n) is 16.1. The summed E-state index contributed by atoms with van der Waals surface area (Å²) in [6.07, 6.45) is 0. The van der Waals surface area contributed by atoms with Crippen molar-refractivity contribution < 1.29 is 9.13 Å². The van der Waals surface area contributed by atoms with Gasteiger partial charge in [-0.1, -0.05) is 18.2 Å². The maximum Gasteiger partial charge on any atom is 0.191 e. The van der Waals surface area contributed by atoms with Crippen LogP contribution >= 0.6 is 11.8 Å². The Morgan fingerprint density at radius 2 is 2.00 bits per heavy atom. The molecule has 7 heteroatoms. The molecule has 1 saturated heterocycles. The molecular weight excluding hydrogens is 351 g/mol. The number of nitrogens with one attached hydrogen (secondary N) is 2. The first-order valence-electron chi connectivity index (χ1n) is 9.11.